The van der Waals surface area contributed by atoms with Gasteiger partial charge in [0.2, 0.25) is 0 Å². The summed E-state index contributed by atoms with van der Waals surface area (Å²) in [6.07, 6.45) is 7.31. The second kappa shape index (κ2) is 6.20. The smallest absolute Gasteiger partial charge is 0.133 e. The summed E-state index contributed by atoms with van der Waals surface area (Å²) in [4.78, 5) is 8.83. The summed E-state index contributed by atoms with van der Waals surface area (Å²) >= 11 is 0. The average molecular weight is 285 g/mol. The van der Waals surface area contributed by atoms with E-state index in [9.17, 15) is 4.39 Å². The minimum absolute atomic E-state index is 0.0166. The first-order valence-corrected chi connectivity index (χ1v) is 7.59. The van der Waals surface area contributed by atoms with Gasteiger partial charge in [0.05, 0.1) is 6.04 Å². The van der Waals surface area contributed by atoms with Crippen LogP contribution in [0.15, 0.2) is 30.6 Å². The maximum absolute atomic E-state index is 13.3. The zero-order chi connectivity index (χ0) is 14.7. The van der Waals surface area contributed by atoms with Crippen molar-refractivity contribution in [3.63, 3.8) is 0 Å². The lowest BCUT2D eigenvalue weighted by molar-refractivity contribution is 0.623. The Morgan fingerprint density at radius 1 is 1.14 bits per heavy atom. The Bertz CT molecular complexity index is 627. The highest BCUT2D eigenvalue weighted by Gasteiger charge is 2.16. The number of benzene rings is 1. The molecular weight excluding hydrogens is 265 g/mol. The number of aromatic nitrogens is 2. The van der Waals surface area contributed by atoms with Crippen molar-refractivity contribution >= 4 is 5.82 Å². The minimum atomic E-state index is -0.206. The van der Waals surface area contributed by atoms with Crippen molar-refractivity contribution in [2.24, 2.45) is 0 Å². The van der Waals surface area contributed by atoms with Crippen LogP contribution in [-0.4, -0.2) is 9.97 Å². The van der Waals surface area contributed by atoms with Crippen molar-refractivity contribution < 1.29 is 4.39 Å². The molecule has 0 saturated carbocycles. The Kier molecular flexibility index (Phi) is 4.13. The Hall–Kier alpha value is -1.97. The quantitative estimate of drug-likeness (QED) is 0.864. The third kappa shape index (κ3) is 3.20. The number of rotatable bonds is 3. The third-order valence-electron chi connectivity index (χ3n) is 4.08. The normalized spacial score (nSPS) is 15.9. The number of halogens is 1. The Balaban J connectivity index is 1.84. The number of hydrogen-bond acceptors (Lipinski definition) is 3. The first-order valence-electron chi connectivity index (χ1n) is 7.59. The van der Waals surface area contributed by atoms with Crippen molar-refractivity contribution in [2.75, 3.05) is 5.32 Å². The summed E-state index contributed by atoms with van der Waals surface area (Å²) in [6.45, 7) is 2.03. The molecule has 1 heterocycles. The van der Waals surface area contributed by atoms with Gasteiger partial charge in [-0.05, 0) is 50.3 Å². The van der Waals surface area contributed by atoms with Crippen LogP contribution in [0.5, 0.6) is 0 Å². The molecule has 1 unspecified atom stereocenters. The zero-order valence-electron chi connectivity index (χ0n) is 12.3. The highest BCUT2D eigenvalue weighted by molar-refractivity contribution is 5.48. The minimum Gasteiger partial charge on any atom is -0.363 e. The van der Waals surface area contributed by atoms with Gasteiger partial charge in [-0.3, -0.25) is 0 Å². The molecule has 0 radical (unpaired) electrons. The molecule has 1 aliphatic carbocycles. The summed E-state index contributed by atoms with van der Waals surface area (Å²) in [7, 11) is 0. The Morgan fingerprint density at radius 2 is 2.00 bits per heavy atom. The van der Waals surface area contributed by atoms with E-state index in [4.69, 9.17) is 0 Å². The molecule has 0 spiro atoms. The van der Waals surface area contributed by atoms with E-state index >= 15 is 0 Å². The van der Waals surface area contributed by atoms with Crippen molar-refractivity contribution in [2.45, 2.75) is 45.1 Å². The highest BCUT2D eigenvalue weighted by atomic mass is 19.1. The molecule has 1 atom stereocenters. The van der Waals surface area contributed by atoms with Gasteiger partial charge >= 0.3 is 0 Å². The van der Waals surface area contributed by atoms with E-state index in [1.54, 1.807) is 18.5 Å². The SMILES string of the molecule is CC(Nc1ncnc2c1CCCCC2)c1cccc(F)c1. The van der Waals surface area contributed by atoms with Gasteiger partial charge in [-0.25, -0.2) is 14.4 Å². The van der Waals surface area contributed by atoms with Gasteiger partial charge in [-0.15, -0.1) is 0 Å². The maximum atomic E-state index is 13.3. The fourth-order valence-corrected chi connectivity index (χ4v) is 2.89. The van der Waals surface area contributed by atoms with Crippen LogP contribution in [0, 0.1) is 5.82 Å². The van der Waals surface area contributed by atoms with Crippen LogP contribution in [-0.2, 0) is 12.8 Å². The molecule has 2 aromatic rings. The standard InChI is InChI=1S/C17H20FN3/c1-12(13-6-5-7-14(18)10-13)21-17-15-8-3-2-4-9-16(15)19-11-20-17/h5-7,10-12H,2-4,8-9H2,1H3,(H,19,20,21). The van der Waals surface area contributed by atoms with Gasteiger partial charge < -0.3 is 5.32 Å². The van der Waals surface area contributed by atoms with Crippen molar-refractivity contribution in [1.82, 2.24) is 9.97 Å². The molecule has 0 bridgehead atoms. The van der Waals surface area contributed by atoms with E-state index in [1.807, 2.05) is 13.0 Å². The van der Waals surface area contributed by atoms with E-state index in [0.717, 1.165) is 29.9 Å². The molecule has 0 saturated heterocycles. The molecule has 0 amide bonds. The second-order valence-electron chi connectivity index (χ2n) is 5.63. The average Bonchev–Trinajstić information content (AvgIpc) is 2.73. The summed E-state index contributed by atoms with van der Waals surface area (Å²) < 4.78 is 13.3. The summed E-state index contributed by atoms with van der Waals surface area (Å²) in [5.41, 5.74) is 3.32. The lowest BCUT2D eigenvalue weighted by Gasteiger charge is -2.18. The summed E-state index contributed by atoms with van der Waals surface area (Å²) in [5, 5.41) is 3.42. The fourth-order valence-electron chi connectivity index (χ4n) is 2.89. The van der Waals surface area contributed by atoms with Crippen molar-refractivity contribution in [3.05, 3.63) is 53.2 Å². The van der Waals surface area contributed by atoms with Crippen LogP contribution in [0.25, 0.3) is 0 Å². The number of fused-ring (bicyclic) bond motifs is 1. The number of nitrogens with zero attached hydrogens (tertiary/aromatic N) is 2. The van der Waals surface area contributed by atoms with Crippen LogP contribution in [0.3, 0.4) is 0 Å². The molecule has 1 aromatic heterocycles. The lowest BCUT2D eigenvalue weighted by atomic mass is 10.1. The van der Waals surface area contributed by atoms with E-state index in [0.29, 0.717) is 0 Å². The van der Waals surface area contributed by atoms with E-state index in [-0.39, 0.29) is 11.9 Å². The monoisotopic (exact) mass is 285 g/mol. The first-order chi connectivity index (χ1) is 10.2. The Morgan fingerprint density at radius 3 is 2.86 bits per heavy atom. The maximum Gasteiger partial charge on any atom is 0.133 e. The molecule has 1 N–H and O–H groups in total. The van der Waals surface area contributed by atoms with E-state index < -0.39 is 0 Å². The van der Waals surface area contributed by atoms with E-state index in [1.165, 1.54) is 30.9 Å². The van der Waals surface area contributed by atoms with Gasteiger partial charge in [0.25, 0.3) is 0 Å². The molecule has 3 rings (SSSR count). The molecule has 0 aliphatic heterocycles. The van der Waals surface area contributed by atoms with Crippen LogP contribution in [0.4, 0.5) is 10.2 Å². The number of aryl methyl sites for hydroxylation is 1. The van der Waals surface area contributed by atoms with Crippen LogP contribution < -0.4 is 5.32 Å². The molecule has 3 nitrogen and oxygen atoms in total. The van der Waals surface area contributed by atoms with Gasteiger partial charge in [-0.1, -0.05) is 18.6 Å². The van der Waals surface area contributed by atoms with Crippen molar-refractivity contribution in [3.8, 4) is 0 Å². The number of nitrogens with one attached hydrogen (secondary N) is 1. The van der Waals surface area contributed by atoms with Gasteiger partial charge in [0, 0.05) is 11.3 Å². The Labute approximate surface area is 124 Å². The van der Waals surface area contributed by atoms with Gasteiger partial charge in [0.15, 0.2) is 0 Å². The predicted molar refractivity (Wildman–Crippen MR) is 81.7 cm³/mol. The molecule has 21 heavy (non-hydrogen) atoms. The molecule has 1 aromatic carbocycles. The summed E-state index contributed by atoms with van der Waals surface area (Å²) in [6, 6.07) is 6.72. The van der Waals surface area contributed by atoms with Gasteiger partial charge in [0.1, 0.15) is 18.0 Å². The zero-order valence-corrected chi connectivity index (χ0v) is 12.3. The number of hydrogen-bond donors (Lipinski definition) is 1. The number of anilines is 1. The van der Waals surface area contributed by atoms with Gasteiger partial charge in [-0.2, -0.15) is 0 Å². The predicted octanol–water partition coefficient (Wildman–Crippen LogP) is 4.06. The highest BCUT2D eigenvalue weighted by Crippen LogP contribution is 2.26. The third-order valence-corrected chi connectivity index (χ3v) is 4.08. The lowest BCUT2D eigenvalue weighted by Crippen LogP contribution is -2.12. The molecule has 4 heteroatoms. The van der Waals surface area contributed by atoms with Crippen LogP contribution >= 0.6 is 0 Å². The second-order valence-corrected chi connectivity index (χ2v) is 5.63. The van der Waals surface area contributed by atoms with Crippen molar-refractivity contribution in [1.29, 1.82) is 0 Å². The largest absolute Gasteiger partial charge is 0.363 e. The topological polar surface area (TPSA) is 37.8 Å². The first kappa shape index (κ1) is 14.0. The molecular formula is C17H20FN3. The van der Waals surface area contributed by atoms with E-state index in [2.05, 4.69) is 15.3 Å². The molecule has 0 fully saturated rings. The molecule has 1 aliphatic rings. The summed E-state index contributed by atoms with van der Waals surface area (Å²) in [5.74, 6) is 0.696. The molecule has 110 valence electrons. The van der Waals surface area contributed by atoms with Crippen LogP contribution in [0.1, 0.15) is 49.0 Å². The fraction of sp³-hybridized carbons (Fsp3) is 0.412. The van der Waals surface area contributed by atoms with Crippen LogP contribution in [0.2, 0.25) is 0 Å².